The molecule has 0 aliphatic carbocycles. The van der Waals surface area contributed by atoms with E-state index in [9.17, 15) is 14.4 Å². The largest absolute Gasteiger partial charge is 0.348 e. The van der Waals surface area contributed by atoms with E-state index in [1.807, 2.05) is 21.7 Å². The Kier molecular flexibility index (Phi) is 6.54. The molecule has 3 rings (SSSR count). The zero-order valence-corrected chi connectivity index (χ0v) is 15.7. The average molecular weight is 386 g/mol. The first-order valence-electron chi connectivity index (χ1n) is 8.90. The van der Waals surface area contributed by atoms with Crippen LogP contribution in [0.5, 0.6) is 0 Å². The number of pyridine rings is 1. The van der Waals surface area contributed by atoms with Crippen LogP contribution in [0.15, 0.2) is 41.4 Å². The van der Waals surface area contributed by atoms with E-state index in [1.54, 1.807) is 35.9 Å². The number of carbonyl (C=O) groups excluding carboxylic acids is 3. The number of amides is 3. The van der Waals surface area contributed by atoms with Gasteiger partial charge in [0.25, 0.3) is 5.91 Å². The number of rotatable bonds is 5. The molecule has 0 bridgehead atoms. The molecule has 2 aromatic rings. The number of carbonyl (C=O) groups is 3. The van der Waals surface area contributed by atoms with Crippen LogP contribution >= 0.6 is 11.3 Å². The number of hydrogen-bond acceptors (Lipinski definition) is 5. The number of likely N-dealkylation sites (tertiary alicyclic amines) is 1. The van der Waals surface area contributed by atoms with Gasteiger partial charge in [0.1, 0.15) is 0 Å². The number of thiophene rings is 1. The summed E-state index contributed by atoms with van der Waals surface area (Å²) in [4.78, 5) is 41.9. The summed E-state index contributed by atoms with van der Waals surface area (Å²) in [6, 6.07) is 5.33. The predicted octanol–water partition coefficient (Wildman–Crippen LogP) is 1.43. The molecule has 1 aliphatic heterocycles. The van der Waals surface area contributed by atoms with Crippen molar-refractivity contribution in [2.75, 3.05) is 19.6 Å². The maximum Gasteiger partial charge on any atom is 0.309 e. The van der Waals surface area contributed by atoms with E-state index in [0.29, 0.717) is 31.7 Å². The van der Waals surface area contributed by atoms with Gasteiger partial charge in [0.05, 0.1) is 0 Å². The third-order valence-electron chi connectivity index (χ3n) is 4.62. The number of nitrogens with zero attached hydrogens (tertiary/aromatic N) is 2. The molecule has 0 saturated carbocycles. The fraction of sp³-hybridized carbons (Fsp3) is 0.368. The minimum absolute atomic E-state index is 0.00712. The Balaban J connectivity index is 1.37. The van der Waals surface area contributed by atoms with Crippen molar-refractivity contribution in [3.05, 3.63) is 52.5 Å². The van der Waals surface area contributed by atoms with Gasteiger partial charge >= 0.3 is 11.8 Å². The second-order valence-corrected chi connectivity index (χ2v) is 7.28. The lowest BCUT2D eigenvalue weighted by molar-refractivity contribution is -0.139. The third kappa shape index (κ3) is 5.37. The van der Waals surface area contributed by atoms with Gasteiger partial charge in [-0.25, -0.2) is 0 Å². The van der Waals surface area contributed by atoms with Crippen LogP contribution in [0.4, 0.5) is 0 Å². The van der Waals surface area contributed by atoms with Crippen molar-refractivity contribution < 1.29 is 14.4 Å². The van der Waals surface area contributed by atoms with Crippen molar-refractivity contribution in [1.29, 1.82) is 0 Å². The number of aromatic nitrogens is 1. The number of nitrogens with one attached hydrogen (secondary N) is 2. The monoisotopic (exact) mass is 386 g/mol. The van der Waals surface area contributed by atoms with E-state index in [4.69, 9.17) is 0 Å². The predicted molar refractivity (Wildman–Crippen MR) is 102 cm³/mol. The quantitative estimate of drug-likeness (QED) is 0.761. The Morgan fingerprint density at radius 1 is 1.07 bits per heavy atom. The first-order chi connectivity index (χ1) is 13.1. The summed E-state index contributed by atoms with van der Waals surface area (Å²) in [5.74, 6) is -0.958. The van der Waals surface area contributed by atoms with Crippen LogP contribution in [-0.2, 0) is 16.1 Å². The smallest absolute Gasteiger partial charge is 0.309 e. The highest BCUT2D eigenvalue weighted by Crippen LogP contribution is 2.18. The molecule has 0 unspecified atom stereocenters. The van der Waals surface area contributed by atoms with E-state index < -0.39 is 11.8 Å². The summed E-state index contributed by atoms with van der Waals surface area (Å²) in [6.45, 7) is 2.09. The number of piperidine rings is 1. The summed E-state index contributed by atoms with van der Waals surface area (Å²) >= 11 is 1.55. The Labute approximate surface area is 161 Å². The molecule has 142 valence electrons. The molecule has 1 fully saturated rings. The minimum Gasteiger partial charge on any atom is -0.348 e. The Morgan fingerprint density at radius 3 is 2.44 bits per heavy atom. The topological polar surface area (TPSA) is 91.4 Å². The molecule has 0 atom stereocenters. The molecule has 27 heavy (non-hydrogen) atoms. The molecular formula is C19H22N4O3S. The lowest BCUT2D eigenvalue weighted by Gasteiger charge is -2.32. The molecule has 0 aromatic carbocycles. The minimum atomic E-state index is -0.619. The van der Waals surface area contributed by atoms with Gasteiger partial charge in [-0.15, -0.1) is 0 Å². The van der Waals surface area contributed by atoms with Gasteiger partial charge in [-0.3, -0.25) is 19.4 Å². The molecule has 7 nitrogen and oxygen atoms in total. The SMILES string of the molecule is O=C(NCc1ccsc1)C(=O)NCC1CCN(C(=O)c2ccncc2)CC1. The van der Waals surface area contributed by atoms with Crippen molar-refractivity contribution in [2.24, 2.45) is 5.92 Å². The van der Waals surface area contributed by atoms with E-state index in [1.165, 1.54) is 0 Å². The van der Waals surface area contributed by atoms with Gasteiger partial charge in [-0.1, -0.05) is 0 Å². The van der Waals surface area contributed by atoms with Gasteiger partial charge in [-0.05, 0) is 53.3 Å². The van der Waals surface area contributed by atoms with E-state index in [0.717, 1.165) is 18.4 Å². The maximum absolute atomic E-state index is 12.4. The highest BCUT2D eigenvalue weighted by Gasteiger charge is 2.24. The van der Waals surface area contributed by atoms with Crippen LogP contribution in [0.25, 0.3) is 0 Å². The van der Waals surface area contributed by atoms with Crippen LogP contribution in [0.1, 0.15) is 28.8 Å². The van der Waals surface area contributed by atoms with E-state index in [-0.39, 0.29) is 11.8 Å². The average Bonchev–Trinajstić information content (AvgIpc) is 3.24. The standard InChI is InChI=1S/C19H22N4O3S/c24-17(18(25)22-12-15-5-10-27-13-15)21-11-14-3-8-23(9-4-14)19(26)16-1-6-20-7-2-16/h1-2,5-7,10,13-14H,3-4,8-9,11-12H2,(H,21,24)(H,22,25). The Morgan fingerprint density at radius 2 is 1.78 bits per heavy atom. The lowest BCUT2D eigenvalue weighted by Crippen LogP contribution is -2.44. The summed E-state index contributed by atoms with van der Waals surface area (Å²) in [7, 11) is 0. The van der Waals surface area contributed by atoms with Crippen molar-refractivity contribution in [3.8, 4) is 0 Å². The van der Waals surface area contributed by atoms with Crippen LogP contribution in [0.2, 0.25) is 0 Å². The van der Waals surface area contributed by atoms with Crippen LogP contribution in [-0.4, -0.2) is 47.2 Å². The Bertz CT molecular complexity index is 772. The van der Waals surface area contributed by atoms with Gasteiger partial charge < -0.3 is 15.5 Å². The fourth-order valence-corrected chi connectivity index (χ4v) is 3.66. The molecule has 8 heteroatoms. The third-order valence-corrected chi connectivity index (χ3v) is 5.35. The zero-order chi connectivity index (χ0) is 19.1. The normalized spacial score (nSPS) is 14.6. The lowest BCUT2D eigenvalue weighted by atomic mass is 9.96. The number of hydrogen-bond donors (Lipinski definition) is 2. The molecule has 0 radical (unpaired) electrons. The molecule has 3 heterocycles. The first-order valence-corrected chi connectivity index (χ1v) is 9.84. The van der Waals surface area contributed by atoms with E-state index >= 15 is 0 Å². The molecule has 3 amide bonds. The molecule has 0 spiro atoms. The van der Waals surface area contributed by atoms with E-state index in [2.05, 4.69) is 15.6 Å². The van der Waals surface area contributed by atoms with Crippen LogP contribution in [0.3, 0.4) is 0 Å². The highest BCUT2D eigenvalue weighted by atomic mass is 32.1. The second kappa shape index (κ2) is 9.27. The summed E-state index contributed by atoms with van der Waals surface area (Å²) in [6.07, 6.45) is 4.82. The highest BCUT2D eigenvalue weighted by molar-refractivity contribution is 7.07. The fourth-order valence-electron chi connectivity index (χ4n) is 2.99. The molecule has 2 aromatic heterocycles. The van der Waals surface area contributed by atoms with Gasteiger partial charge in [0.2, 0.25) is 0 Å². The summed E-state index contributed by atoms with van der Waals surface area (Å²) in [5.41, 5.74) is 1.62. The van der Waals surface area contributed by atoms with Crippen molar-refractivity contribution in [3.63, 3.8) is 0 Å². The van der Waals surface area contributed by atoms with Crippen LogP contribution in [0, 0.1) is 5.92 Å². The van der Waals surface area contributed by atoms with Gasteiger partial charge in [0, 0.05) is 44.1 Å². The Hall–Kier alpha value is -2.74. The van der Waals surface area contributed by atoms with Crippen molar-refractivity contribution in [1.82, 2.24) is 20.5 Å². The van der Waals surface area contributed by atoms with Crippen molar-refractivity contribution in [2.45, 2.75) is 19.4 Å². The summed E-state index contributed by atoms with van der Waals surface area (Å²) < 4.78 is 0. The van der Waals surface area contributed by atoms with Gasteiger partial charge in [0.15, 0.2) is 0 Å². The molecule has 2 N–H and O–H groups in total. The summed E-state index contributed by atoms with van der Waals surface area (Å²) in [5, 5.41) is 9.16. The van der Waals surface area contributed by atoms with Crippen molar-refractivity contribution >= 4 is 29.1 Å². The zero-order valence-electron chi connectivity index (χ0n) is 14.9. The van der Waals surface area contributed by atoms with Crippen LogP contribution < -0.4 is 10.6 Å². The maximum atomic E-state index is 12.4. The van der Waals surface area contributed by atoms with Gasteiger partial charge in [-0.2, -0.15) is 11.3 Å². The second-order valence-electron chi connectivity index (χ2n) is 6.50. The molecule has 1 saturated heterocycles. The molecular weight excluding hydrogens is 364 g/mol. The first kappa shape index (κ1) is 19.0. The molecule has 1 aliphatic rings.